The van der Waals surface area contributed by atoms with Crippen molar-refractivity contribution in [3.05, 3.63) is 45.8 Å². The van der Waals surface area contributed by atoms with Gasteiger partial charge in [-0.15, -0.1) is 11.6 Å². The quantitative estimate of drug-likeness (QED) is 0.753. The monoisotopic (exact) mass is 344 g/mol. The van der Waals surface area contributed by atoms with E-state index in [9.17, 15) is 0 Å². The van der Waals surface area contributed by atoms with E-state index in [1.54, 1.807) is 20.5 Å². The first-order valence-electron chi connectivity index (χ1n) is 5.68. The number of alkyl halides is 1. The van der Waals surface area contributed by atoms with Gasteiger partial charge in [0.2, 0.25) is 0 Å². The van der Waals surface area contributed by atoms with Crippen LogP contribution in [-0.4, -0.2) is 14.2 Å². The highest BCUT2D eigenvalue weighted by molar-refractivity contribution is 9.10. The van der Waals surface area contributed by atoms with Crippen molar-refractivity contribution in [3.63, 3.8) is 0 Å². The molecule has 3 nitrogen and oxygen atoms in total. The zero-order valence-corrected chi connectivity index (χ0v) is 13.2. The van der Waals surface area contributed by atoms with Crippen molar-refractivity contribution >= 4 is 27.5 Å². The normalized spacial score (nSPS) is 12.3. The summed E-state index contributed by atoms with van der Waals surface area (Å²) in [7, 11) is 3.19. The van der Waals surface area contributed by atoms with E-state index in [4.69, 9.17) is 25.5 Å². The van der Waals surface area contributed by atoms with Crippen LogP contribution in [-0.2, 0) is 0 Å². The van der Waals surface area contributed by atoms with Crippen LogP contribution in [0.3, 0.4) is 0 Å². The highest BCUT2D eigenvalue weighted by atomic mass is 79.9. The molecule has 2 rings (SSSR count). The molecule has 5 heteroatoms. The largest absolute Gasteiger partial charge is 0.493 e. The zero-order valence-electron chi connectivity index (χ0n) is 10.9. The molecule has 1 heterocycles. The minimum absolute atomic E-state index is 0.385. The maximum absolute atomic E-state index is 6.49. The second-order valence-corrected chi connectivity index (χ2v) is 5.35. The van der Waals surface area contributed by atoms with Gasteiger partial charge in [0.1, 0.15) is 11.1 Å². The molecule has 0 bridgehead atoms. The topological polar surface area (TPSA) is 31.6 Å². The first kappa shape index (κ1) is 14.3. The second kappa shape index (κ2) is 5.88. The van der Waals surface area contributed by atoms with E-state index in [2.05, 4.69) is 15.9 Å². The highest BCUT2D eigenvalue weighted by Gasteiger charge is 2.21. The van der Waals surface area contributed by atoms with Gasteiger partial charge in [0, 0.05) is 4.47 Å². The van der Waals surface area contributed by atoms with Crippen LogP contribution in [0, 0.1) is 6.92 Å². The number of rotatable bonds is 4. The molecule has 1 aromatic heterocycles. The fourth-order valence-electron chi connectivity index (χ4n) is 1.85. The van der Waals surface area contributed by atoms with Crippen LogP contribution in [0.2, 0.25) is 0 Å². The Bertz CT molecular complexity index is 580. The van der Waals surface area contributed by atoms with Crippen LogP contribution < -0.4 is 9.47 Å². The van der Waals surface area contributed by atoms with Gasteiger partial charge < -0.3 is 13.9 Å². The zero-order chi connectivity index (χ0) is 14.0. The van der Waals surface area contributed by atoms with E-state index >= 15 is 0 Å². The number of aryl methyl sites for hydroxylation is 1. The SMILES string of the molecule is COc1cc(Br)c(C(Cl)c2occc2C)cc1OC. The molecule has 0 aliphatic rings. The average molecular weight is 346 g/mol. The van der Waals surface area contributed by atoms with E-state index in [-0.39, 0.29) is 5.38 Å². The lowest BCUT2D eigenvalue weighted by Crippen LogP contribution is -1.98. The van der Waals surface area contributed by atoms with Crippen molar-refractivity contribution in [1.29, 1.82) is 0 Å². The molecule has 19 heavy (non-hydrogen) atoms. The Morgan fingerprint density at radius 2 is 1.84 bits per heavy atom. The summed E-state index contributed by atoms with van der Waals surface area (Å²) in [5.74, 6) is 2.02. The molecule has 1 aromatic carbocycles. The van der Waals surface area contributed by atoms with Gasteiger partial charge in [-0.1, -0.05) is 15.9 Å². The summed E-state index contributed by atoms with van der Waals surface area (Å²) < 4.78 is 16.8. The van der Waals surface area contributed by atoms with Crippen molar-refractivity contribution < 1.29 is 13.9 Å². The molecule has 0 saturated carbocycles. The third-order valence-electron chi connectivity index (χ3n) is 2.91. The Morgan fingerprint density at radius 1 is 1.21 bits per heavy atom. The Hall–Kier alpha value is -1.13. The molecule has 0 fully saturated rings. The van der Waals surface area contributed by atoms with Gasteiger partial charge in [-0.2, -0.15) is 0 Å². The number of methoxy groups -OCH3 is 2. The molecule has 0 radical (unpaired) electrons. The van der Waals surface area contributed by atoms with Crippen molar-refractivity contribution in [2.75, 3.05) is 14.2 Å². The molecular formula is C14H14BrClO3. The van der Waals surface area contributed by atoms with Gasteiger partial charge >= 0.3 is 0 Å². The number of ether oxygens (including phenoxy) is 2. The van der Waals surface area contributed by atoms with Crippen LogP contribution in [0.25, 0.3) is 0 Å². The maximum Gasteiger partial charge on any atom is 0.161 e. The van der Waals surface area contributed by atoms with Crippen LogP contribution in [0.15, 0.2) is 33.4 Å². The number of hydrogen-bond donors (Lipinski definition) is 0. The van der Waals surface area contributed by atoms with E-state index in [1.165, 1.54) is 0 Å². The lowest BCUT2D eigenvalue weighted by atomic mass is 10.1. The first-order chi connectivity index (χ1) is 9.08. The number of furan rings is 1. The van der Waals surface area contributed by atoms with Gasteiger partial charge in [-0.05, 0) is 36.2 Å². The Balaban J connectivity index is 2.48. The maximum atomic E-state index is 6.49. The molecule has 0 amide bonds. The lowest BCUT2D eigenvalue weighted by Gasteiger charge is -2.15. The molecule has 1 unspecified atom stereocenters. The molecule has 0 aliphatic carbocycles. The summed E-state index contributed by atoms with van der Waals surface area (Å²) in [4.78, 5) is 0. The van der Waals surface area contributed by atoms with Gasteiger partial charge in [-0.25, -0.2) is 0 Å². The smallest absolute Gasteiger partial charge is 0.161 e. The number of benzene rings is 1. The Labute approximate surface area is 125 Å². The van der Waals surface area contributed by atoms with E-state index < -0.39 is 0 Å². The fourth-order valence-corrected chi connectivity index (χ4v) is 2.94. The number of hydrogen-bond acceptors (Lipinski definition) is 3. The molecule has 0 aliphatic heterocycles. The molecule has 1 atom stereocenters. The standard InChI is InChI=1S/C14H14BrClO3/c1-8-4-5-19-14(8)13(16)9-6-11(17-2)12(18-3)7-10(9)15/h4-7,13H,1-3H3. The summed E-state index contributed by atoms with van der Waals surface area (Å²) in [6.45, 7) is 1.96. The molecule has 0 saturated heterocycles. The molecule has 0 spiro atoms. The van der Waals surface area contributed by atoms with Crippen LogP contribution in [0.5, 0.6) is 11.5 Å². The fraction of sp³-hybridized carbons (Fsp3) is 0.286. The lowest BCUT2D eigenvalue weighted by molar-refractivity contribution is 0.354. The van der Waals surface area contributed by atoms with Crippen molar-refractivity contribution in [1.82, 2.24) is 0 Å². The van der Waals surface area contributed by atoms with E-state index in [0.717, 1.165) is 21.4 Å². The van der Waals surface area contributed by atoms with Gasteiger partial charge in [0.05, 0.1) is 20.5 Å². The summed E-state index contributed by atoms with van der Waals surface area (Å²) >= 11 is 9.99. The van der Waals surface area contributed by atoms with E-state index in [0.29, 0.717) is 11.5 Å². The summed E-state index contributed by atoms with van der Waals surface area (Å²) in [6.07, 6.45) is 1.63. The molecule has 102 valence electrons. The van der Waals surface area contributed by atoms with Crippen molar-refractivity contribution in [3.8, 4) is 11.5 Å². The Morgan fingerprint density at radius 3 is 2.37 bits per heavy atom. The second-order valence-electron chi connectivity index (χ2n) is 4.06. The average Bonchev–Trinajstić information content (AvgIpc) is 2.83. The third kappa shape index (κ3) is 2.74. The minimum Gasteiger partial charge on any atom is -0.493 e. The Kier molecular flexibility index (Phi) is 4.42. The third-order valence-corrected chi connectivity index (χ3v) is 4.03. The van der Waals surface area contributed by atoms with Crippen LogP contribution in [0.1, 0.15) is 22.3 Å². The van der Waals surface area contributed by atoms with Crippen molar-refractivity contribution in [2.45, 2.75) is 12.3 Å². The van der Waals surface area contributed by atoms with Gasteiger partial charge in [0.15, 0.2) is 11.5 Å². The predicted octanol–water partition coefficient (Wildman–Crippen LogP) is 4.70. The van der Waals surface area contributed by atoms with Crippen LogP contribution >= 0.6 is 27.5 Å². The number of halogens is 2. The first-order valence-corrected chi connectivity index (χ1v) is 6.91. The van der Waals surface area contributed by atoms with Gasteiger partial charge in [-0.3, -0.25) is 0 Å². The van der Waals surface area contributed by atoms with E-state index in [1.807, 2.05) is 25.1 Å². The summed E-state index contributed by atoms with van der Waals surface area (Å²) in [5, 5.41) is -0.385. The predicted molar refractivity (Wildman–Crippen MR) is 78.4 cm³/mol. The highest BCUT2D eigenvalue weighted by Crippen LogP contribution is 2.41. The summed E-state index contributed by atoms with van der Waals surface area (Å²) in [6, 6.07) is 5.57. The molecular weight excluding hydrogens is 332 g/mol. The molecule has 2 aromatic rings. The molecule has 0 N–H and O–H groups in total. The summed E-state index contributed by atoms with van der Waals surface area (Å²) in [5.41, 5.74) is 1.89. The van der Waals surface area contributed by atoms with Crippen molar-refractivity contribution in [2.24, 2.45) is 0 Å². The van der Waals surface area contributed by atoms with Crippen LogP contribution in [0.4, 0.5) is 0 Å². The minimum atomic E-state index is -0.385. The van der Waals surface area contributed by atoms with Gasteiger partial charge in [0.25, 0.3) is 0 Å².